The normalized spacial score (nSPS) is 11.6. The molecule has 8 nitrogen and oxygen atoms in total. The Bertz CT molecular complexity index is 1340. The molecule has 188 valence electrons. The van der Waals surface area contributed by atoms with Crippen molar-refractivity contribution in [1.29, 1.82) is 0 Å². The second-order valence-electron chi connectivity index (χ2n) is 7.12. The van der Waals surface area contributed by atoms with Crippen LogP contribution in [0.3, 0.4) is 0 Å². The second kappa shape index (κ2) is 11.4. The first-order chi connectivity index (χ1) is 17.0. The van der Waals surface area contributed by atoms with Gasteiger partial charge in [0.2, 0.25) is 0 Å². The van der Waals surface area contributed by atoms with E-state index >= 15 is 0 Å². The highest BCUT2D eigenvalue weighted by Gasteiger charge is 2.33. The molecule has 0 fully saturated rings. The average Bonchev–Trinajstić information content (AvgIpc) is 3.30. The minimum Gasteiger partial charge on any atom is -0.508 e. The molecule has 0 spiro atoms. The molecule has 1 aromatic heterocycles. The summed E-state index contributed by atoms with van der Waals surface area (Å²) in [5.41, 5.74) is -0.599. The van der Waals surface area contributed by atoms with Crippen LogP contribution in [-0.4, -0.2) is 35.0 Å². The zero-order valence-corrected chi connectivity index (χ0v) is 20.8. The zero-order chi connectivity index (χ0) is 26.5. The van der Waals surface area contributed by atoms with Gasteiger partial charge >= 0.3 is 12.1 Å². The van der Waals surface area contributed by atoms with Crippen LogP contribution in [0.25, 0.3) is 6.08 Å². The summed E-state index contributed by atoms with van der Waals surface area (Å²) in [6.45, 7) is 0.160. The molecule has 36 heavy (non-hydrogen) atoms. The fourth-order valence-corrected chi connectivity index (χ4v) is 4.16. The summed E-state index contributed by atoms with van der Waals surface area (Å²) in [5, 5.41) is 15.1. The van der Waals surface area contributed by atoms with Crippen LogP contribution < -0.4 is 10.6 Å². The van der Waals surface area contributed by atoms with E-state index in [-0.39, 0.29) is 32.9 Å². The van der Waals surface area contributed by atoms with E-state index in [1.807, 2.05) is 0 Å². The van der Waals surface area contributed by atoms with Gasteiger partial charge in [-0.2, -0.15) is 13.2 Å². The number of thiazole rings is 1. The van der Waals surface area contributed by atoms with Crippen molar-refractivity contribution in [3.8, 4) is 5.75 Å². The Kier molecular flexibility index (Phi) is 8.48. The van der Waals surface area contributed by atoms with Gasteiger partial charge in [-0.15, -0.1) is 11.3 Å². The Morgan fingerprint density at radius 2 is 1.92 bits per heavy atom. The van der Waals surface area contributed by atoms with E-state index in [4.69, 9.17) is 0 Å². The first-order valence-corrected chi connectivity index (χ1v) is 11.6. The summed E-state index contributed by atoms with van der Waals surface area (Å²) in [4.78, 5) is 40.7. The highest BCUT2D eigenvalue weighted by atomic mass is 79.9. The number of phenolic OH excluding ortho intramolecular Hbond substituents is 1. The van der Waals surface area contributed by atoms with Crippen molar-refractivity contribution in [3.63, 3.8) is 0 Å². The molecule has 0 aliphatic heterocycles. The number of methoxy groups -OCH3 is 1. The van der Waals surface area contributed by atoms with Crippen LogP contribution in [0.5, 0.6) is 5.75 Å². The number of hydrogen-bond acceptors (Lipinski definition) is 7. The van der Waals surface area contributed by atoms with Crippen LogP contribution in [-0.2, 0) is 22.3 Å². The molecule has 0 aliphatic rings. The molecular weight excluding hydrogens is 567 g/mol. The number of carbonyl (C=O) groups is 3. The smallest absolute Gasteiger partial charge is 0.434 e. The van der Waals surface area contributed by atoms with Crippen molar-refractivity contribution in [1.82, 2.24) is 15.6 Å². The summed E-state index contributed by atoms with van der Waals surface area (Å²) in [6, 6.07) is 10.5. The molecule has 0 saturated carbocycles. The summed E-state index contributed by atoms with van der Waals surface area (Å²) >= 11 is 3.85. The Balaban J connectivity index is 1.74. The third kappa shape index (κ3) is 6.92. The number of ether oxygens (including phenoxy) is 1. The molecule has 0 saturated heterocycles. The largest absolute Gasteiger partial charge is 0.508 e. The Labute approximate surface area is 214 Å². The predicted octanol–water partition coefficient (Wildman–Crippen LogP) is 4.50. The lowest BCUT2D eigenvalue weighted by Gasteiger charge is -2.11. The van der Waals surface area contributed by atoms with Gasteiger partial charge in [-0.05, 0) is 51.8 Å². The maximum Gasteiger partial charge on any atom is 0.434 e. The van der Waals surface area contributed by atoms with Gasteiger partial charge in [0.15, 0.2) is 5.69 Å². The lowest BCUT2D eigenvalue weighted by atomic mass is 10.1. The lowest BCUT2D eigenvalue weighted by Crippen LogP contribution is -2.28. The van der Waals surface area contributed by atoms with Crippen molar-refractivity contribution in [2.24, 2.45) is 0 Å². The van der Waals surface area contributed by atoms with Gasteiger partial charge in [-0.3, -0.25) is 9.59 Å². The third-order valence-corrected chi connectivity index (χ3v) is 6.02. The minimum atomic E-state index is -4.65. The van der Waals surface area contributed by atoms with E-state index in [0.717, 1.165) is 18.6 Å². The van der Waals surface area contributed by atoms with Crippen molar-refractivity contribution < 1.29 is 37.4 Å². The summed E-state index contributed by atoms with van der Waals surface area (Å²) < 4.78 is 43.2. The molecule has 0 atom stereocenters. The van der Waals surface area contributed by atoms with Crippen LogP contribution in [0, 0.1) is 0 Å². The van der Waals surface area contributed by atoms with E-state index in [1.165, 1.54) is 30.3 Å². The van der Waals surface area contributed by atoms with Crippen molar-refractivity contribution in [2.75, 3.05) is 7.11 Å². The number of rotatable bonds is 7. The summed E-state index contributed by atoms with van der Waals surface area (Å²) in [5.74, 6) is -2.15. The number of amides is 2. The highest BCUT2D eigenvalue weighted by Crippen LogP contribution is 2.30. The molecule has 3 N–H and O–H groups in total. The first kappa shape index (κ1) is 26.9. The van der Waals surface area contributed by atoms with Crippen LogP contribution in [0.15, 0.2) is 58.0 Å². The molecule has 2 amide bonds. The number of alkyl halides is 3. The van der Waals surface area contributed by atoms with Gasteiger partial charge in [-0.1, -0.05) is 12.1 Å². The Morgan fingerprint density at radius 1 is 1.17 bits per heavy atom. The predicted molar refractivity (Wildman–Crippen MR) is 128 cm³/mol. The van der Waals surface area contributed by atoms with E-state index < -0.39 is 35.4 Å². The standard InChI is InChI=1S/C23H17BrF3N3O5S/c1-35-22(34)17(9-19-30-18(11-36-19)23(25,26)27)29-21(33)15-6-5-13(8-16(15)24)20(32)28-10-12-3-2-4-14(31)7-12/h2-9,11,31H,10H2,1H3,(H,28,32)(H,29,33)/b17-9-. The number of nitrogens with zero attached hydrogens (tertiary/aromatic N) is 1. The first-order valence-electron chi connectivity index (χ1n) is 9.97. The molecule has 0 bridgehead atoms. The number of benzene rings is 2. The quantitative estimate of drug-likeness (QED) is 0.278. The topological polar surface area (TPSA) is 118 Å². The second-order valence-corrected chi connectivity index (χ2v) is 8.86. The number of halogens is 4. The van der Waals surface area contributed by atoms with Crippen LogP contribution >= 0.6 is 27.3 Å². The molecule has 0 unspecified atom stereocenters. The van der Waals surface area contributed by atoms with Crippen molar-refractivity contribution in [3.05, 3.63) is 85.4 Å². The third-order valence-electron chi connectivity index (χ3n) is 4.57. The van der Waals surface area contributed by atoms with Crippen LogP contribution in [0.4, 0.5) is 13.2 Å². The van der Waals surface area contributed by atoms with E-state index in [0.29, 0.717) is 16.9 Å². The lowest BCUT2D eigenvalue weighted by molar-refractivity contribution is -0.140. The highest BCUT2D eigenvalue weighted by molar-refractivity contribution is 9.10. The zero-order valence-electron chi connectivity index (χ0n) is 18.4. The fourth-order valence-electron chi connectivity index (χ4n) is 2.84. The monoisotopic (exact) mass is 583 g/mol. The number of nitrogens with one attached hydrogen (secondary N) is 2. The van der Waals surface area contributed by atoms with E-state index in [1.54, 1.807) is 12.1 Å². The van der Waals surface area contributed by atoms with E-state index in [2.05, 4.69) is 36.3 Å². The molecule has 1 heterocycles. The molecule has 13 heteroatoms. The number of carbonyl (C=O) groups excluding carboxylic acids is 3. The van der Waals surface area contributed by atoms with Crippen LogP contribution in [0.2, 0.25) is 0 Å². The molecule has 2 aromatic carbocycles. The number of hydrogen-bond donors (Lipinski definition) is 3. The Morgan fingerprint density at radius 3 is 2.53 bits per heavy atom. The number of aromatic hydroxyl groups is 1. The van der Waals surface area contributed by atoms with Gasteiger partial charge in [0, 0.05) is 28.0 Å². The van der Waals surface area contributed by atoms with Crippen molar-refractivity contribution >= 4 is 51.1 Å². The minimum absolute atomic E-state index is 0.0458. The molecule has 0 radical (unpaired) electrons. The van der Waals surface area contributed by atoms with E-state index in [9.17, 15) is 32.7 Å². The molecule has 3 aromatic rings. The fraction of sp³-hybridized carbons (Fsp3) is 0.130. The SMILES string of the molecule is COC(=O)/C(=C/c1nc(C(F)(F)F)cs1)NC(=O)c1ccc(C(=O)NCc2cccc(O)c2)cc1Br. The number of aromatic nitrogens is 1. The van der Waals surface area contributed by atoms with Gasteiger partial charge in [-0.25, -0.2) is 9.78 Å². The maximum atomic E-state index is 12.8. The summed E-state index contributed by atoms with van der Waals surface area (Å²) in [7, 11) is 1.05. The average molecular weight is 584 g/mol. The molecular formula is C23H17BrF3N3O5S. The van der Waals surface area contributed by atoms with Gasteiger partial charge < -0.3 is 20.5 Å². The van der Waals surface area contributed by atoms with Crippen LogP contribution in [0.1, 0.15) is 37.0 Å². The van der Waals surface area contributed by atoms with Gasteiger partial charge in [0.05, 0.1) is 12.7 Å². The summed E-state index contributed by atoms with van der Waals surface area (Å²) in [6.07, 6.45) is -3.68. The van der Waals surface area contributed by atoms with Gasteiger partial charge in [0.25, 0.3) is 11.8 Å². The Hall–Kier alpha value is -3.71. The molecule has 0 aliphatic carbocycles. The maximum absolute atomic E-state index is 12.8. The number of esters is 1. The number of phenols is 1. The molecule has 3 rings (SSSR count). The van der Waals surface area contributed by atoms with Crippen molar-refractivity contribution in [2.45, 2.75) is 12.7 Å². The van der Waals surface area contributed by atoms with Gasteiger partial charge in [0.1, 0.15) is 16.5 Å².